The number of aromatic nitrogens is 2. The number of hydrogen-bond acceptors (Lipinski definition) is 5. The molecule has 0 atom stereocenters. The van der Waals surface area contributed by atoms with Crippen LogP contribution < -0.4 is 16.4 Å². The zero-order valence-electron chi connectivity index (χ0n) is 13.0. The van der Waals surface area contributed by atoms with E-state index in [1.807, 2.05) is 12.4 Å². The summed E-state index contributed by atoms with van der Waals surface area (Å²) in [5, 5.41) is 0. The van der Waals surface area contributed by atoms with E-state index in [4.69, 9.17) is 11.5 Å². The highest BCUT2D eigenvalue weighted by molar-refractivity contribution is 5.32. The van der Waals surface area contributed by atoms with Crippen LogP contribution in [0.3, 0.4) is 0 Å². The monoisotopic (exact) mass is 289 g/mol. The summed E-state index contributed by atoms with van der Waals surface area (Å²) in [6.07, 6.45) is 10.1. The van der Waals surface area contributed by atoms with Crippen LogP contribution in [0.1, 0.15) is 51.0 Å². The van der Waals surface area contributed by atoms with Crippen molar-refractivity contribution < 1.29 is 0 Å². The SMILES string of the molecule is CC1CCN(c2ncc(C3(N)CCC(N)CC3)cn2)CC1. The largest absolute Gasteiger partial charge is 0.341 e. The molecule has 116 valence electrons. The van der Waals surface area contributed by atoms with Crippen LogP contribution >= 0.6 is 0 Å². The number of piperidine rings is 1. The van der Waals surface area contributed by atoms with Gasteiger partial charge in [-0.05, 0) is 44.4 Å². The average Bonchev–Trinajstić information content (AvgIpc) is 2.51. The van der Waals surface area contributed by atoms with Gasteiger partial charge in [0.2, 0.25) is 5.95 Å². The fraction of sp³-hybridized carbons (Fsp3) is 0.750. The Morgan fingerprint density at radius 3 is 2.24 bits per heavy atom. The topological polar surface area (TPSA) is 81.1 Å². The maximum Gasteiger partial charge on any atom is 0.225 e. The fourth-order valence-corrected chi connectivity index (χ4v) is 3.39. The smallest absolute Gasteiger partial charge is 0.225 e. The van der Waals surface area contributed by atoms with Crippen LogP contribution in [-0.2, 0) is 5.54 Å². The van der Waals surface area contributed by atoms with Gasteiger partial charge in [0.25, 0.3) is 0 Å². The Labute approximate surface area is 127 Å². The van der Waals surface area contributed by atoms with Crippen molar-refractivity contribution in [3.05, 3.63) is 18.0 Å². The molecule has 5 heteroatoms. The molecule has 0 aromatic carbocycles. The summed E-state index contributed by atoms with van der Waals surface area (Å²) >= 11 is 0. The van der Waals surface area contributed by atoms with Crippen LogP contribution in [0.15, 0.2) is 12.4 Å². The summed E-state index contributed by atoms with van der Waals surface area (Å²) in [6, 6.07) is 0.303. The number of anilines is 1. The minimum absolute atomic E-state index is 0.287. The van der Waals surface area contributed by atoms with E-state index in [9.17, 15) is 0 Å². The Morgan fingerprint density at radius 1 is 1.10 bits per heavy atom. The first-order valence-electron chi connectivity index (χ1n) is 8.19. The van der Waals surface area contributed by atoms with Crippen LogP contribution in [0.2, 0.25) is 0 Å². The fourth-order valence-electron chi connectivity index (χ4n) is 3.39. The lowest BCUT2D eigenvalue weighted by atomic mass is 9.77. The molecule has 1 aliphatic carbocycles. The second-order valence-corrected chi connectivity index (χ2v) is 6.93. The third-order valence-corrected chi connectivity index (χ3v) is 5.20. The van der Waals surface area contributed by atoms with Gasteiger partial charge in [0.1, 0.15) is 0 Å². The molecule has 1 saturated carbocycles. The molecule has 2 heterocycles. The van der Waals surface area contributed by atoms with Crippen LogP contribution in [0, 0.1) is 5.92 Å². The van der Waals surface area contributed by atoms with Gasteiger partial charge in [0, 0.05) is 42.6 Å². The van der Waals surface area contributed by atoms with Crippen LogP contribution in [0.5, 0.6) is 0 Å². The average molecular weight is 289 g/mol. The van der Waals surface area contributed by atoms with Crippen molar-refractivity contribution in [2.45, 2.75) is 57.0 Å². The Kier molecular flexibility index (Phi) is 4.13. The van der Waals surface area contributed by atoms with Gasteiger partial charge >= 0.3 is 0 Å². The van der Waals surface area contributed by atoms with E-state index < -0.39 is 0 Å². The van der Waals surface area contributed by atoms with Crippen molar-refractivity contribution in [1.29, 1.82) is 0 Å². The first kappa shape index (κ1) is 14.7. The molecule has 1 saturated heterocycles. The second kappa shape index (κ2) is 5.89. The van der Waals surface area contributed by atoms with E-state index in [0.29, 0.717) is 6.04 Å². The zero-order chi connectivity index (χ0) is 14.9. The van der Waals surface area contributed by atoms with Gasteiger partial charge < -0.3 is 16.4 Å². The third-order valence-electron chi connectivity index (χ3n) is 5.20. The van der Waals surface area contributed by atoms with Gasteiger partial charge in [-0.15, -0.1) is 0 Å². The Morgan fingerprint density at radius 2 is 1.67 bits per heavy atom. The van der Waals surface area contributed by atoms with Gasteiger partial charge in [-0.25, -0.2) is 9.97 Å². The molecule has 0 spiro atoms. The summed E-state index contributed by atoms with van der Waals surface area (Å²) in [4.78, 5) is 11.4. The number of hydrogen-bond donors (Lipinski definition) is 2. The van der Waals surface area contributed by atoms with Crippen molar-refractivity contribution in [2.24, 2.45) is 17.4 Å². The first-order chi connectivity index (χ1) is 10.1. The van der Waals surface area contributed by atoms with Gasteiger partial charge in [0.15, 0.2) is 0 Å². The van der Waals surface area contributed by atoms with Gasteiger partial charge in [-0.3, -0.25) is 0 Å². The molecule has 1 aromatic heterocycles. The van der Waals surface area contributed by atoms with E-state index >= 15 is 0 Å². The molecule has 3 rings (SSSR count). The second-order valence-electron chi connectivity index (χ2n) is 6.93. The highest BCUT2D eigenvalue weighted by Gasteiger charge is 2.33. The number of nitrogens with zero attached hydrogens (tertiary/aromatic N) is 3. The molecular formula is C16H27N5. The normalized spacial score (nSPS) is 31.4. The molecule has 2 aliphatic rings. The van der Waals surface area contributed by atoms with E-state index in [-0.39, 0.29) is 5.54 Å². The van der Waals surface area contributed by atoms with Gasteiger partial charge in [0.05, 0.1) is 0 Å². The van der Waals surface area contributed by atoms with Crippen LogP contribution in [0.4, 0.5) is 5.95 Å². The van der Waals surface area contributed by atoms with Crippen LogP contribution in [0.25, 0.3) is 0 Å². The van der Waals surface area contributed by atoms with Crippen molar-refractivity contribution in [3.8, 4) is 0 Å². The summed E-state index contributed by atoms with van der Waals surface area (Å²) in [5.41, 5.74) is 13.3. The highest BCUT2D eigenvalue weighted by atomic mass is 15.2. The summed E-state index contributed by atoms with van der Waals surface area (Å²) in [5.74, 6) is 1.67. The molecular weight excluding hydrogens is 262 g/mol. The Hall–Kier alpha value is -1.20. The van der Waals surface area contributed by atoms with Crippen molar-refractivity contribution in [2.75, 3.05) is 18.0 Å². The zero-order valence-corrected chi connectivity index (χ0v) is 13.0. The molecule has 0 unspecified atom stereocenters. The Balaban J connectivity index is 1.69. The molecule has 21 heavy (non-hydrogen) atoms. The molecule has 2 fully saturated rings. The predicted molar refractivity (Wildman–Crippen MR) is 85.0 cm³/mol. The third kappa shape index (κ3) is 3.19. The summed E-state index contributed by atoms with van der Waals surface area (Å²) in [6.45, 7) is 4.43. The van der Waals surface area contributed by atoms with Crippen molar-refractivity contribution in [3.63, 3.8) is 0 Å². The lowest BCUT2D eigenvalue weighted by Crippen LogP contribution is -2.44. The maximum atomic E-state index is 6.54. The highest BCUT2D eigenvalue weighted by Crippen LogP contribution is 2.34. The standard InChI is InChI=1S/C16H27N5/c1-12-4-8-21(9-5-12)15-19-10-13(11-20-15)16(18)6-2-14(17)3-7-16/h10-12,14H,2-9,17-18H2,1H3. The van der Waals surface area contributed by atoms with Crippen molar-refractivity contribution in [1.82, 2.24) is 9.97 Å². The maximum absolute atomic E-state index is 6.54. The van der Waals surface area contributed by atoms with E-state index in [0.717, 1.165) is 56.2 Å². The molecule has 0 radical (unpaired) electrons. The van der Waals surface area contributed by atoms with Crippen molar-refractivity contribution >= 4 is 5.95 Å². The number of rotatable bonds is 2. The number of nitrogens with two attached hydrogens (primary N) is 2. The minimum atomic E-state index is -0.287. The molecule has 4 N–H and O–H groups in total. The molecule has 0 amide bonds. The lowest BCUT2D eigenvalue weighted by Gasteiger charge is -2.36. The predicted octanol–water partition coefficient (Wildman–Crippen LogP) is 1.77. The summed E-state index contributed by atoms with van der Waals surface area (Å²) < 4.78 is 0. The molecule has 0 bridgehead atoms. The molecule has 1 aromatic rings. The van der Waals surface area contributed by atoms with Crippen LogP contribution in [-0.4, -0.2) is 29.1 Å². The lowest BCUT2D eigenvalue weighted by molar-refractivity contribution is 0.276. The first-order valence-corrected chi connectivity index (χ1v) is 8.19. The van der Waals surface area contributed by atoms with E-state index in [1.54, 1.807) is 0 Å². The minimum Gasteiger partial charge on any atom is -0.341 e. The Bertz CT molecular complexity index is 456. The van der Waals surface area contributed by atoms with Gasteiger partial charge in [-0.2, -0.15) is 0 Å². The van der Waals surface area contributed by atoms with E-state index in [2.05, 4.69) is 21.8 Å². The van der Waals surface area contributed by atoms with E-state index in [1.165, 1.54) is 12.8 Å². The summed E-state index contributed by atoms with van der Waals surface area (Å²) in [7, 11) is 0. The quantitative estimate of drug-likeness (QED) is 0.867. The molecule has 1 aliphatic heterocycles. The molecule has 5 nitrogen and oxygen atoms in total. The van der Waals surface area contributed by atoms with Gasteiger partial charge in [-0.1, -0.05) is 6.92 Å².